The Balaban J connectivity index is 1.15. The van der Waals surface area contributed by atoms with Gasteiger partial charge in [0.05, 0.1) is 37.7 Å². The smallest absolute Gasteiger partial charge is 0.224 e. The number of para-hydroxylation sites is 2. The summed E-state index contributed by atoms with van der Waals surface area (Å²) in [5.74, 6) is 2.49. The van der Waals surface area contributed by atoms with Gasteiger partial charge in [-0.2, -0.15) is 0 Å². The SMILES string of the molecule is COc1ccc(OCCCCn2c(CNC(=O)Cc3ccc(-c4ccccc4)cc3)nc3ccccc32)cc1. The largest absolute Gasteiger partial charge is 0.497 e. The molecule has 0 unspecified atom stereocenters. The van der Waals surface area contributed by atoms with Gasteiger partial charge in [-0.3, -0.25) is 4.79 Å². The molecule has 1 amide bonds. The molecule has 0 aliphatic rings. The number of methoxy groups -OCH3 is 1. The number of nitrogens with one attached hydrogen (secondary N) is 1. The number of nitrogens with zero attached hydrogens (tertiary/aromatic N) is 2. The van der Waals surface area contributed by atoms with E-state index in [0.29, 0.717) is 19.6 Å². The van der Waals surface area contributed by atoms with E-state index in [9.17, 15) is 4.79 Å². The fourth-order valence-electron chi connectivity index (χ4n) is 4.61. The molecule has 6 nitrogen and oxygen atoms in total. The van der Waals surface area contributed by atoms with Crippen LogP contribution in [-0.2, 0) is 24.3 Å². The van der Waals surface area contributed by atoms with Gasteiger partial charge >= 0.3 is 0 Å². The van der Waals surface area contributed by atoms with Crippen molar-refractivity contribution in [2.24, 2.45) is 0 Å². The van der Waals surface area contributed by atoms with Crippen LogP contribution in [0.15, 0.2) is 103 Å². The highest BCUT2D eigenvalue weighted by Gasteiger charge is 2.12. The predicted molar refractivity (Wildman–Crippen MR) is 155 cm³/mol. The minimum Gasteiger partial charge on any atom is -0.497 e. The molecule has 1 heterocycles. The number of aryl methyl sites for hydroxylation is 1. The lowest BCUT2D eigenvalue weighted by molar-refractivity contribution is -0.120. The normalized spacial score (nSPS) is 10.9. The number of benzene rings is 4. The molecule has 39 heavy (non-hydrogen) atoms. The van der Waals surface area contributed by atoms with Crippen molar-refractivity contribution >= 4 is 16.9 Å². The summed E-state index contributed by atoms with van der Waals surface area (Å²) >= 11 is 0. The van der Waals surface area contributed by atoms with Gasteiger partial charge in [0.2, 0.25) is 5.91 Å². The number of fused-ring (bicyclic) bond motifs is 1. The zero-order chi connectivity index (χ0) is 26.9. The molecule has 0 spiro atoms. The minimum absolute atomic E-state index is 0.0195. The van der Waals surface area contributed by atoms with Gasteiger partial charge in [-0.15, -0.1) is 0 Å². The third kappa shape index (κ3) is 6.85. The maximum Gasteiger partial charge on any atom is 0.224 e. The highest BCUT2D eigenvalue weighted by atomic mass is 16.5. The Labute approximate surface area is 229 Å². The summed E-state index contributed by atoms with van der Waals surface area (Å²) in [4.78, 5) is 17.6. The fourth-order valence-corrected chi connectivity index (χ4v) is 4.61. The lowest BCUT2D eigenvalue weighted by Crippen LogP contribution is -2.26. The zero-order valence-electron chi connectivity index (χ0n) is 22.2. The van der Waals surface area contributed by atoms with Gasteiger partial charge in [0.15, 0.2) is 0 Å². The minimum atomic E-state index is -0.0195. The second kappa shape index (κ2) is 12.8. The van der Waals surface area contributed by atoms with E-state index in [1.165, 1.54) is 5.56 Å². The molecule has 0 saturated carbocycles. The number of ether oxygens (including phenoxy) is 2. The van der Waals surface area contributed by atoms with Crippen molar-refractivity contribution in [2.75, 3.05) is 13.7 Å². The van der Waals surface area contributed by atoms with Crippen molar-refractivity contribution in [1.29, 1.82) is 0 Å². The van der Waals surface area contributed by atoms with Crippen LogP contribution >= 0.6 is 0 Å². The molecule has 5 rings (SSSR count). The molecule has 6 heteroatoms. The summed E-state index contributed by atoms with van der Waals surface area (Å²) in [6, 6.07) is 34.1. The molecule has 0 saturated heterocycles. The summed E-state index contributed by atoms with van der Waals surface area (Å²) in [6.07, 6.45) is 2.17. The van der Waals surface area contributed by atoms with Crippen molar-refractivity contribution < 1.29 is 14.3 Å². The Morgan fingerprint density at radius 3 is 2.26 bits per heavy atom. The molecule has 0 aliphatic heterocycles. The van der Waals surface area contributed by atoms with E-state index in [4.69, 9.17) is 14.5 Å². The van der Waals surface area contributed by atoms with Gasteiger partial charge in [-0.1, -0.05) is 66.7 Å². The van der Waals surface area contributed by atoms with E-state index in [1.807, 2.05) is 72.8 Å². The highest BCUT2D eigenvalue weighted by molar-refractivity contribution is 5.79. The second-order valence-corrected chi connectivity index (χ2v) is 9.42. The number of hydrogen-bond donors (Lipinski definition) is 1. The van der Waals surface area contributed by atoms with Crippen molar-refractivity contribution in [3.05, 3.63) is 115 Å². The Morgan fingerprint density at radius 1 is 0.795 bits per heavy atom. The van der Waals surface area contributed by atoms with Gasteiger partial charge < -0.3 is 19.4 Å². The van der Waals surface area contributed by atoms with Gasteiger partial charge in [0.1, 0.15) is 17.3 Å². The number of hydrogen-bond acceptors (Lipinski definition) is 4. The quantitative estimate of drug-likeness (QED) is 0.193. The van der Waals surface area contributed by atoms with Gasteiger partial charge in [0, 0.05) is 6.54 Å². The van der Waals surface area contributed by atoms with E-state index in [0.717, 1.165) is 58.9 Å². The molecule has 0 atom stereocenters. The topological polar surface area (TPSA) is 65.4 Å². The van der Waals surface area contributed by atoms with Crippen molar-refractivity contribution in [1.82, 2.24) is 14.9 Å². The first-order chi connectivity index (χ1) is 19.2. The Bertz CT molecular complexity index is 1490. The highest BCUT2D eigenvalue weighted by Crippen LogP contribution is 2.21. The molecule has 198 valence electrons. The lowest BCUT2D eigenvalue weighted by Gasteiger charge is -2.11. The standard InChI is InChI=1S/C33H33N3O3/c1-38-28-17-19-29(20-18-28)39-22-8-7-21-36-31-12-6-5-11-30(31)35-32(36)24-34-33(37)23-25-13-15-27(16-14-25)26-9-3-2-4-10-26/h2-6,9-20H,7-8,21-24H2,1H3,(H,34,37). The average molecular weight is 520 g/mol. The Morgan fingerprint density at radius 2 is 1.49 bits per heavy atom. The summed E-state index contributed by atoms with van der Waals surface area (Å²) in [7, 11) is 1.65. The summed E-state index contributed by atoms with van der Waals surface area (Å²) in [5, 5.41) is 3.07. The maximum atomic E-state index is 12.8. The third-order valence-corrected chi connectivity index (χ3v) is 6.71. The molecule has 0 fully saturated rings. The molecule has 5 aromatic rings. The molecular formula is C33H33N3O3. The average Bonchev–Trinajstić information content (AvgIpc) is 3.34. The van der Waals surface area contributed by atoms with E-state index in [1.54, 1.807) is 7.11 Å². The molecule has 4 aromatic carbocycles. The predicted octanol–water partition coefficient (Wildman–Crippen LogP) is 6.43. The maximum absolute atomic E-state index is 12.8. The van der Waals surface area contributed by atoms with Crippen LogP contribution < -0.4 is 14.8 Å². The Hall–Kier alpha value is -4.58. The van der Waals surface area contributed by atoms with Crippen LogP contribution in [0.25, 0.3) is 22.2 Å². The van der Waals surface area contributed by atoms with Crippen molar-refractivity contribution in [2.45, 2.75) is 32.4 Å². The van der Waals surface area contributed by atoms with Gasteiger partial charge in [0.25, 0.3) is 0 Å². The molecule has 0 bridgehead atoms. The monoisotopic (exact) mass is 519 g/mol. The van der Waals surface area contributed by atoms with Crippen LogP contribution in [-0.4, -0.2) is 29.2 Å². The van der Waals surface area contributed by atoms with Crippen LogP contribution in [0.2, 0.25) is 0 Å². The number of unbranched alkanes of at least 4 members (excludes halogenated alkanes) is 1. The van der Waals surface area contributed by atoms with Crippen LogP contribution in [0.5, 0.6) is 11.5 Å². The number of aromatic nitrogens is 2. The lowest BCUT2D eigenvalue weighted by atomic mass is 10.0. The van der Waals surface area contributed by atoms with Crippen LogP contribution in [0.4, 0.5) is 0 Å². The first kappa shape index (κ1) is 26.0. The summed E-state index contributed by atoms with van der Waals surface area (Å²) in [6.45, 7) is 1.82. The number of imidazole rings is 1. The summed E-state index contributed by atoms with van der Waals surface area (Å²) < 4.78 is 13.3. The number of carbonyl (C=O) groups excluding carboxylic acids is 1. The molecule has 0 radical (unpaired) electrons. The van der Waals surface area contributed by atoms with E-state index in [-0.39, 0.29) is 5.91 Å². The van der Waals surface area contributed by atoms with E-state index in [2.05, 4.69) is 40.2 Å². The fraction of sp³-hybridized carbons (Fsp3) is 0.212. The first-order valence-corrected chi connectivity index (χ1v) is 13.3. The van der Waals surface area contributed by atoms with Crippen LogP contribution in [0, 0.1) is 0 Å². The zero-order valence-corrected chi connectivity index (χ0v) is 22.2. The molecule has 1 N–H and O–H groups in total. The van der Waals surface area contributed by atoms with Crippen molar-refractivity contribution in [3.63, 3.8) is 0 Å². The number of amides is 1. The van der Waals surface area contributed by atoms with E-state index >= 15 is 0 Å². The number of rotatable bonds is 12. The van der Waals surface area contributed by atoms with E-state index < -0.39 is 0 Å². The molecule has 1 aromatic heterocycles. The number of carbonyl (C=O) groups is 1. The third-order valence-electron chi connectivity index (χ3n) is 6.71. The van der Waals surface area contributed by atoms with Crippen molar-refractivity contribution in [3.8, 4) is 22.6 Å². The van der Waals surface area contributed by atoms with Gasteiger partial charge in [-0.05, 0) is 65.9 Å². The first-order valence-electron chi connectivity index (χ1n) is 13.3. The van der Waals surface area contributed by atoms with Gasteiger partial charge in [-0.25, -0.2) is 4.98 Å². The molecule has 0 aliphatic carbocycles. The Kier molecular flexibility index (Phi) is 8.54. The van der Waals surface area contributed by atoms with Crippen LogP contribution in [0.3, 0.4) is 0 Å². The second-order valence-electron chi connectivity index (χ2n) is 9.42. The van der Waals surface area contributed by atoms with Crippen LogP contribution in [0.1, 0.15) is 24.2 Å². The summed E-state index contributed by atoms with van der Waals surface area (Å²) in [5.41, 5.74) is 5.31. The molecular weight excluding hydrogens is 486 g/mol.